The van der Waals surface area contributed by atoms with E-state index in [-0.39, 0.29) is 23.4 Å². The molecular weight excluding hydrogens is 389 g/mol. The summed E-state index contributed by atoms with van der Waals surface area (Å²) in [6, 6.07) is 3.96. The number of alkyl halides is 3. The van der Waals surface area contributed by atoms with Crippen molar-refractivity contribution in [1.82, 2.24) is 4.90 Å². The lowest BCUT2D eigenvalue weighted by atomic mass is 10.1. The molecule has 28 heavy (non-hydrogen) atoms. The lowest BCUT2D eigenvalue weighted by Gasteiger charge is -2.24. The molecule has 0 aliphatic carbocycles. The molecule has 1 fully saturated rings. The fraction of sp³-hybridized carbons (Fsp3) is 0.600. The highest BCUT2D eigenvalue weighted by Crippen LogP contribution is 2.38. The zero-order valence-corrected chi connectivity index (χ0v) is 17.1. The summed E-state index contributed by atoms with van der Waals surface area (Å²) in [5.74, 6) is -0.729. The molecule has 0 aromatic heterocycles. The monoisotopic (exact) mass is 416 g/mol. The molecule has 0 radical (unpaired) electrons. The molecule has 1 saturated heterocycles. The summed E-state index contributed by atoms with van der Waals surface area (Å²) < 4.78 is 40.5. The van der Waals surface area contributed by atoms with E-state index in [4.69, 9.17) is 0 Å². The van der Waals surface area contributed by atoms with Crippen LogP contribution in [-0.4, -0.2) is 35.1 Å². The first-order valence-electron chi connectivity index (χ1n) is 9.66. The van der Waals surface area contributed by atoms with Crippen LogP contribution in [0.3, 0.4) is 0 Å². The molecule has 0 spiro atoms. The Kier molecular flexibility index (Phi) is 8.22. The highest BCUT2D eigenvalue weighted by molar-refractivity contribution is 7.99. The first kappa shape index (κ1) is 22.6. The van der Waals surface area contributed by atoms with Gasteiger partial charge in [0.25, 0.3) is 0 Å². The Morgan fingerprint density at radius 3 is 2.64 bits per heavy atom. The summed E-state index contributed by atoms with van der Waals surface area (Å²) in [4.78, 5) is 26.4. The van der Waals surface area contributed by atoms with Crippen LogP contribution in [-0.2, 0) is 15.8 Å². The van der Waals surface area contributed by atoms with Crippen LogP contribution in [0.2, 0.25) is 0 Å². The molecule has 156 valence electrons. The quantitative estimate of drug-likeness (QED) is 0.638. The summed E-state index contributed by atoms with van der Waals surface area (Å²) in [6.45, 7) is 4.17. The molecule has 1 aliphatic heterocycles. The van der Waals surface area contributed by atoms with E-state index < -0.39 is 17.6 Å². The number of carbonyl (C=O) groups excluding carboxylic acids is 2. The summed E-state index contributed by atoms with van der Waals surface area (Å²) in [7, 11) is 0. The van der Waals surface area contributed by atoms with Gasteiger partial charge in [-0.1, -0.05) is 26.7 Å². The summed E-state index contributed by atoms with van der Waals surface area (Å²) in [6.07, 6.45) is 0.196. The number of nitrogens with one attached hydrogen (secondary N) is 1. The van der Waals surface area contributed by atoms with E-state index in [0.29, 0.717) is 17.9 Å². The normalized spacial score (nSPS) is 17.0. The van der Waals surface area contributed by atoms with E-state index in [1.54, 1.807) is 6.07 Å². The van der Waals surface area contributed by atoms with Crippen LogP contribution in [0, 0.1) is 0 Å². The van der Waals surface area contributed by atoms with Gasteiger partial charge in [-0.05, 0) is 37.5 Å². The van der Waals surface area contributed by atoms with Crippen molar-refractivity contribution in [3.05, 3.63) is 23.8 Å². The fourth-order valence-corrected chi connectivity index (χ4v) is 3.97. The van der Waals surface area contributed by atoms with Gasteiger partial charge in [-0.3, -0.25) is 9.59 Å². The third-order valence-corrected chi connectivity index (χ3v) is 6.00. The van der Waals surface area contributed by atoms with Gasteiger partial charge in [-0.15, -0.1) is 11.8 Å². The van der Waals surface area contributed by atoms with Crippen LogP contribution < -0.4 is 5.32 Å². The number of hydrogen-bond donors (Lipinski definition) is 1. The molecule has 0 saturated carbocycles. The van der Waals surface area contributed by atoms with Crippen molar-refractivity contribution in [2.45, 2.75) is 68.7 Å². The average molecular weight is 417 g/mol. The second-order valence-electron chi connectivity index (χ2n) is 7.07. The molecule has 0 bridgehead atoms. The third-order valence-electron chi connectivity index (χ3n) is 4.74. The molecule has 1 aromatic rings. The van der Waals surface area contributed by atoms with E-state index in [1.807, 2.05) is 13.8 Å². The fourth-order valence-electron chi connectivity index (χ4n) is 3.00. The van der Waals surface area contributed by atoms with Gasteiger partial charge in [-0.25, -0.2) is 0 Å². The van der Waals surface area contributed by atoms with Gasteiger partial charge in [0, 0.05) is 23.1 Å². The highest BCUT2D eigenvalue weighted by atomic mass is 32.2. The van der Waals surface area contributed by atoms with Crippen LogP contribution >= 0.6 is 11.8 Å². The Morgan fingerprint density at radius 1 is 1.25 bits per heavy atom. The topological polar surface area (TPSA) is 49.4 Å². The first-order valence-corrected chi connectivity index (χ1v) is 10.5. The number of amides is 2. The maximum Gasteiger partial charge on any atom is 0.418 e. The summed E-state index contributed by atoms with van der Waals surface area (Å²) in [5.41, 5.74) is -1.14. The highest BCUT2D eigenvalue weighted by Gasteiger charge is 2.34. The van der Waals surface area contributed by atoms with Crippen molar-refractivity contribution in [1.29, 1.82) is 0 Å². The zero-order valence-electron chi connectivity index (χ0n) is 16.3. The van der Waals surface area contributed by atoms with Crippen molar-refractivity contribution >= 4 is 29.3 Å². The minimum absolute atomic E-state index is 0.119. The van der Waals surface area contributed by atoms with E-state index in [9.17, 15) is 22.8 Å². The van der Waals surface area contributed by atoms with Crippen molar-refractivity contribution in [2.75, 3.05) is 18.4 Å². The molecule has 1 aromatic carbocycles. The number of carbonyl (C=O) groups is 2. The van der Waals surface area contributed by atoms with Gasteiger partial charge in [0.15, 0.2) is 0 Å². The lowest BCUT2D eigenvalue weighted by Crippen LogP contribution is -2.39. The van der Waals surface area contributed by atoms with Gasteiger partial charge in [0.05, 0.1) is 17.8 Å². The standard InChI is InChI=1S/C20H27F3N2O2S/c1-3-14(2)28-15-9-10-17(16(12-15)20(21,22)23)24-18(26)13-25-11-7-5-4-6-8-19(25)27/h9-10,12,14H,3-8,11,13H2,1-2H3,(H,24,26). The summed E-state index contributed by atoms with van der Waals surface area (Å²) >= 11 is 1.37. The van der Waals surface area contributed by atoms with Crippen molar-refractivity contribution < 1.29 is 22.8 Å². The Balaban J connectivity index is 2.12. The van der Waals surface area contributed by atoms with Crippen LogP contribution in [0.15, 0.2) is 23.1 Å². The number of anilines is 1. The number of halogens is 3. The average Bonchev–Trinajstić information content (AvgIpc) is 2.61. The number of thioether (sulfide) groups is 1. The Bertz CT molecular complexity index is 695. The number of likely N-dealkylation sites (tertiary alicyclic amines) is 1. The number of benzene rings is 1. The third kappa shape index (κ3) is 6.72. The van der Waals surface area contributed by atoms with Gasteiger partial charge in [-0.2, -0.15) is 13.2 Å². The van der Waals surface area contributed by atoms with Gasteiger partial charge < -0.3 is 10.2 Å². The molecule has 2 rings (SSSR count). The zero-order chi connectivity index (χ0) is 20.7. The first-order chi connectivity index (χ1) is 13.2. The number of rotatable bonds is 6. The van der Waals surface area contributed by atoms with Crippen LogP contribution in [0.25, 0.3) is 0 Å². The molecule has 1 heterocycles. The number of nitrogens with zero attached hydrogens (tertiary/aromatic N) is 1. The predicted octanol–water partition coefficient (Wildman–Crippen LogP) is 5.33. The molecule has 1 unspecified atom stereocenters. The molecule has 1 atom stereocenters. The number of hydrogen-bond acceptors (Lipinski definition) is 3. The van der Waals surface area contributed by atoms with E-state index in [2.05, 4.69) is 5.32 Å². The Morgan fingerprint density at radius 2 is 1.96 bits per heavy atom. The molecular formula is C20H27F3N2O2S. The minimum Gasteiger partial charge on any atom is -0.333 e. The van der Waals surface area contributed by atoms with Gasteiger partial charge in [0.2, 0.25) is 11.8 Å². The second-order valence-corrected chi connectivity index (χ2v) is 8.58. The molecule has 4 nitrogen and oxygen atoms in total. The second kappa shape index (κ2) is 10.2. The van der Waals surface area contributed by atoms with Crippen molar-refractivity contribution in [3.63, 3.8) is 0 Å². The van der Waals surface area contributed by atoms with E-state index in [0.717, 1.165) is 38.2 Å². The molecule has 1 aliphatic rings. The van der Waals surface area contributed by atoms with E-state index >= 15 is 0 Å². The largest absolute Gasteiger partial charge is 0.418 e. The van der Waals surface area contributed by atoms with E-state index in [1.165, 1.54) is 22.7 Å². The molecule has 2 amide bonds. The van der Waals surface area contributed by atoms with Crippen molar-refractivity contribution in [3.8, 4) is 0 Å². The smallest absolute Gasteiger partial charge is 0.333 e. The SMILES string of the molecule is CCC(C)Sc1ccc(NC(=O)CN2CCCCCCC2=O)c(C(F)(F)F)c1. The molecule has 8 heteroatoms. The Hall–Kier alpha value is -1.70. The van der Waals surface area contributed by atoms with Crippen LogP contribution in [0.1, 0.15) is 57.9 Å². The van der Waals surface area contributed by atoms with Crippen LogP contribution in [0.5, 0.6) is 0 Å². The predicted molar refractivity (Wildman–Crippen MR) is 105 cm³/mol. The summed E-state index contributed by atoms with van der Waals surface area (Å²) in [5, 5.41) is 2.55. The lowest BCUT2D eigenvalue weighted by molar-refractivity contribution is -0.137. The van der Waals surface area contributed by atoms with Crippen LogP contribution in [0.4, 0.5) is 18.9 Å². The maximum absolute atomic E-state index is 13.5. The molecule has 1 N–H and O–H groups in total. The van der Waals surface area contributed by atoms with Crippen molar-refractivity contribution in [2.24, 2.45) is 0 Å². The van der Waals surface area contributed by atoms with Gasteiger partial charge in [0.1, 0.15) is 0 Å². The minimum atomic E-state index is -4.58. The maximum atomic E-state index is 13.5. The van der Waals surface area contributed by atoms with Gasteiger partial charge >= 0.3 is 6.18 Å². The Labute approximate surface area is 168 Å².